The van der Waals surface area contributed by atoms with Gasteiger partial charge in [-0.3, -0.25) is 9.89 Å². The van der Waals surface area contributed by atoms with Gasteiger partial charge in [0.2, 0.25) is 0 Å². The molecule has 0 aliphatic carbocycles. The molecule has 2 N–H and O–H groups in total. The topological polar surface area (TPSA) is 70.9 Å². The Morgan fingerprint density at radius 3 is 2.89 bits per heavy atom. The van der Waals surface area contributed by atoms with Crippen molar-refractivity contribution in [2.45, 2.75) is 6.92 Å². The third-order valence-corrected chi connectivity index (χ3v) is 2.80. The van der Waals surface area contributed by atoms with Crippen LogP contribution in [0.1, 0.15) is 16.1 Å². The molecule has 3 aromatic rings. The first-order valence-electron chi connectivity index (χ1n) is 5.54. The lowest BCUT2D eigenvalue weighted by molar-refractivity contribution is 0.0997. The zero-order valence-electron chi connectivity index (χ0n) is 9.73. The van der Waals surface area contributed by atoms with Gasteiger partial charge in [0.25, 0.3) is 5.91 Å². The molecule has 1 aromatic carbocycles. The zero-order chi connectivity index (χ0) is 12.5. The predicted octanol–water partition coefficient (Wildman–Crippen LogP) is 2.72. The Bertz CT molecular complexity index is 698. The highest BCUT2D eigenvalue weighted by molar-refractivity contribution is 6.05. The van der Waals surface area contributed by atoms with Crippen molar-refractivity contribution in [2.75, 3.05) is 5.32 Å². The van der Waals surface area contributed by atoms with Gasteiger partial charge in [0.15, 0.2) is 5.76 Å². The third-order valence-electron chi connectivity index (χ3n) is 2.80. The molecule has 0 aliphatic rings. The minimum Gasteiger partial charge on any atom is -0.451 e. The van der Waals surface area contributed by atoms with Crippen molar-refractivity contribution in [3.63, 3.8) is 0 Å². The molecule has 90 valence electrons. The number of amides is 1. The van der Waals surface area contributed by atoms with Gasteiger partial charge in [-0.25, -0.2) is 0 Å². The number of nitrogens with one attached hydrogen (secondary N) is 2. The Kier molecular flexibility index (Phi) is 2.37. The van der Waals surface area contributed by atoms with Crippen LogP contribution in [0.5, 0.6) is 0 Å². The highest BCUT2D eigenvalue weighted by atomic mass is 16.3. The van der Waals surface area contributed by atoms with Crippen LogP contribution >= 0.6 is 0 Å². The number of anilines is 1. The molecule has 18 heavy (non-hydrogen) atoms. The van der Waals surface area contributed by atoms with E-state index in [9.17, 15) is 4.79 Å². The number of furan rings is 1. The molecule has 0 unspecified atom stereocenters. The summed E-state index contributed by atoms with van der Waals surface area (Å²) in [6, 6.07) is 9.25. The van der Waals surface area contributed by atoms with Gasteiger partial charge in [0.05, 0.1) is 6.20 Å². The van der Waals surface area contributed by atoms with E-state index in [-0.39, 0.29) is 5.91 Å². The number of nitrogens with zero attached hydrogens (tertiary/aromatic N) is 1. The molecule has 0 aliphatic heterocycles. The summed E-state index contributed by atoms with van der Waals surface area (Å²) in [5.41, 5.74) is 1.55. The summed E-state index contributed by atoms with van der Waals surface area (Å²) < 4.78 is 5.56. The van der Waals surface area contributed by atoms with Crippen LogP contribution in [0.3, 0.4) is 0 Å². The molecular formula is C13H11N3O2. The van der Waals surface area contributed by atoms with Gasteiger partial charge in [0.1, 0.15) is 11.4 Å². The first-order chi connectivity index (χ1) is 8.75. The molecule has 0 saturated heterocycles. The van der Waals surface area contributed by atoms with E-state index in [2.05, 4.69) is 15.5 Å². The maximum Gasteiger partial charge on any atom is 0.292 e. The monoisotopic (exact) mass is 241 g/mol. The number of hydrogen-bond acceptors (Lipinski definition) is 3. The lowest BCUT2D eigenvalue weighted by Gasteiger charge is -1.99. The second-order valence-corrected chi connectivity index (χ2v) is 3.98. The maximum absolute atomic E-state index is 12.0. The van der Waals surface area contributed by atoms with Gasteiger partial charge in [-0.15, -0.1) is 0 Å². The normalized spacial score (nSPS) is 10.7. The van der Waals surface area contributed by atoms with E-state index in [1.54, 1.807) is 12.3 Å². The number of hydrogen-bond donors (Lipinski definition) is 2. The number of para-hydroxylation sites is 1. The fraction of sp³-hybridized carbons (Fsp3) is 0.0769. The molecule has 5 heteroatoms. The number of carbonyl (C=O) groups excluding carboxylic acids is 1. The number of H-pyrrole nitrogens is 1. The first kappa shape index (κ1) is 10.6. The lowest BCUT2D eigenvalue weighted by atomic mass is 10.1. The summed E-state index contributed by atoms with van der Waals surface area (Å²) in [4.78, 5) is 12.0. The molecule has 2 heterocycles. The summed E-state index contributed by atoms with van der Waals surface area (Å²) in [7, 11) is 0. The SMILES string of the molecule is Cc1c(C(=O)Nc2ccn[nH]2)oc2ccccc12. The standard InChI is InChI=1S/C13H11N3O2/c1-8-9-4-2-3-5-10(9)18-12(8)13(17)15-11-6-7-14-16-11/h2-7H,1H3,(H2,14,15,16,17). The summed E-state index contributed by atoms with van der Waals surface area (Å²) in [5, 5.41) is 10.1. The van der Waals surface area contributed by atoms with E-state index in [4.69, 9.17) is 4.42 Å². The van der Waals surface area contributed by atoms with E-state index in [1.165, 1.54) is 0 Å². The second-order valence-electron chi connectivity index (χ2n) is 3.98. The Hall–Kier alpha value is -2.56. The van der Waals surface area contributed by atoms with Crippen molar-refractivity contribution in [1.29, 1.82) is 0 Å². The summed E-state index contributed by atoms with van der Waals surface area (Å²) in [5.74, 6) is 0.582. The van der Waals surface area contributed by atoms with Crippen molar-refractivity contribution in [2.24, 2.45) is 0 Å². The Labute approximate surface area is 103 Å². The van der Waals surface area contributed by atoms with Crippen molar-refractivity contribution in [1.82, 2.24) is 10.2 Å². The largest absolute Gasteiger partial charge is 0.451 e. The number of carbonyl (C=O) groups is 1. The number of fused-ring (bicyclic) bond motifs is 1. The number of benzene rings is 1. The minimum absolute atomic E-state index is 0.284. The number of aryl methyl sites for hydroxylation is 1. The lowest BCUT2D eigenvalue weighted by Crippen LogP contribution is -2.12. The molecule has 0 radical (unpaired) electrons. The van der Waals surface area contributed by atoms with Crippen LogP contribution in [0.25, 0.3) is 11.0 Å². The van der Waals surface area contributed by atoms with E-state index < -0.39 is 0 Å². The van der Waals surface area contributed by atoms with Crippen LogP contribution in [0.15, 0.2) is 40.9 Å². The van der Waals surface area contributed by atoms with E-state index in [0.717, 1.165) is 10.9 Å². The van der Waals surface area contributed by atoms with Crippen LogP contribution in [-0.2, 0) is 0 Å². The van der Waals surface area contributed by atoms with Crippen molar-refractivity contribution in [3.05, 3.63) is 47.9 Å². The molecule has 1 amide bonds. The van der Waals surface area contributed by atoms with E-state index >= 15 is 0 Å². The smallest absolute Gasteiger partial charge is 0.292 e. The molecule has 0 saturated carbocycles. The number of aromatic amines is 1. The van der Waals surface area contributed by atoms with E-state index in [1.807, 2.05) is 31.2 Å². The maximum atomic E-state index is 12.0. The van der Waals surface area contributed by atoms with Crippen LogP contribution in [-0.4, -0.2) is 16.1 Å². The van der Waals surface area contributed by atoms with Crippen LogP contribution in [0.4, 0.5) is 5.82 Å². The van der Waals surface area contributed by atoms with Gasteiger partial charge in [-0.1, -0.05) is 18.2 Å². The quantitative estimate of drug-likeness (QED) is 0.724. The summed E-state index contributed by atoms with van der Waals surface area (Å²) in [6.07, 6.45) is 1.57. The van der Waals surface area contributed by atoms with Crippen LogP contribution < -0.4 is 5.32 Å². The predicted molar refractivity (Wildman–Crippen MR) is 67.5 cm³/mol. The van der Waals surface area contributed by atoms with Crippen LogP contribution in [0, 0.1) is 6.92 Å². The molecule has 3 rings (SSSR count). The van der Waals surface area contributed by atoms with Gasteiger partial charge >= 0.3 is 0 Å². The van der Waals surface area contributed by atoms with Gasteiger partial charge in [-0.2, -0.15) is 5.10 Å². The average molecular weight is 241 g/mol. The highest BCUT2D eigenvalue weighted by Crippen LogP contribution is 2.25. The minimum atomic E-state index is -0.284. The van der Waals surface area contributed by atoms with Gasteiger partial charge in [0, 0.05) is 17.0 Å². The Morgan fingerprint density at radius 1 is 1.33 bits per heavy atom. The zero-order valence-corrected chi connectivity index (χ0v) is 9.73. The second kappa shape index (κ2) is 4.03. The van der Waals surface area contributed by atoms with Crippen molar-refractivity contribution in [3.8, 4) is 0 Å². The first-order valence-corrected chi connectivity index (χ1v) is 5.54. The third kappa shape index (κ3) is 1.66. The van der Waals surface area contributed by atoms with Gasteiger partial charge < -0.3 is 9.73 Å². The van der Waals surface area contributed by atoms with Crippen molar-refractivity contribution < 1.29 is 9.21 Å². The molecule has 0 atom stereocenters. The molecule has 5 nitrogen and oxygen atoms in total. The summed E-state index contributed by atoms with van der Waals surface area (Å²) in [6.45, 7) is 1.87. The number of rotatable bonds is 2. The Morgan fingerprint density at radius 2 is 2.17 bits per heavy atom. The van der Waals surface area contributed by atoms with Crippen LogP contribution in [0.2, 0.25) is 0 Å². The van der Waals surface area contributed by atoms with E-state index in [0.29, 0.717) is 17.2 Å². The Balaban J connectivity index is 1.99. The summed E-state index contributed by atoms with van der Waals surface area (Å²) >= 11 is 0. The fourth-order valence-corrected chi connectivity index (χ4v) is 1.90. The molecular weight excluding hydrogens is 230 g/mol. The van der Waals surface area contributed by atoms with Gasteiger partial charge in [-0.05, 0) is 13.0 Å². The van der Waals surface area contributed by atoms with Crippen molar-refractivity contribution >= 4 is 22.7 Å². The molecule has 0 bridgehead atoms. The molecule has 0 fully saturated rings. The molecule has 2 aromatic heterocycles. The number of aromatic nitrogens is 2. The highest BCUT2D eigenvalue weighted by Gasteiger charge is 2.17. The average Bonchev–Trinajstić information content (AvgIpc) is 2.98. The molecule has 0 spiro atoms. The fourth-order valence-electron chi connectivity index (χ4n) is 1.90.